The zero-order valence-corrected chi connectivity index (χ0v) is 10.6. The number of carboxylic acid groups (broad SMARTS) is 1. The molecular weight excluding hydrogens is 238 g/mol. The van der Waals surface area contributed by atoms with Gasteiger partial charge in [0, 0.05) is 0 Å². The summed E-state index contributed by atoms with van der Waals surface area (Å²) in [6, 6.07) is 6.10. The third-order valence-corrected chi connectivity index (χ3v) is 2.90. The average molecular weight is 253 g/mol. The van der Waals surface area contributed by atoms with E-state index in [2.05, 4.69) is 17.9 Å². The lowest BCUT2D eigenvalue weighted by Crippen LogP contribution is -2.41. The number of hydrogen-bond donors (Lipinski definition) is 3. The molecule has 0 saturated heterocycles. The quantitative estimate of drug-likeness (QED) is 0.569. The molecule has 1 aromatic rings. The van der Waals surface area contributed by atoms with Crippen molar-refractivity contribution in [1.29, 1.82) is 0 Å². The second-order valence-electron chi connectivity index (χ2n) is 3.93. The fraction of sp³-hybridized carbons (Fsp3) is 0.333. The Hall–Kier alpha value is -1.49. The zero-order chi connectivity index (χ0) is 13.1. The fourth-order valence-corrected chi connectivity index (χ4v) is 1.37. The lowest BCUT2D eigenvalue weighted by molar-refractivity contribution is 0.0690. The predicted molar refractivity (Wildman–Crippen MR) is 68.5 cm³/mol. The first-order valence-electron chi connectivity index (χ1n) is 5.24. The lowest BCUT2D eigenvalue weighted by atomic mass is 10.1. The third-order valence-electron chi connectivity index (χ3n) is 2.47. The van der Waals surface area contributed by atoms with Crippen LogP contribution < -0.4 is 5.32 Å². The molecule has 1 aromatic carbocycles. The molecule has 0 aromatic heterocycles. The second kappa shape index (κ2) is 5.23. The van der Waals surface area contributed by atoms with E-state index in [0.29, 0.717) is 6.42 Å². The minimum atomic E-state index is -1.12. The SMILES string of the molecule is CCC(C)(S)NC(=O)c1ccccc1C(=O)O. The van der Waals surface area contributed by atoms with Crippen molar-refractivity contribution in [3.8, 4) is 0 Å². The summed E-state index contributed by atoms with van der Waals surface area (Å²) in [5.74, 6) is -1.55. The van der Waals surface area contributed by atoms with Crippen molar-refractivity contribution in [1.82, 2.24) is 5.32 Å². The summed E-state index contributed by atoms with van der Waals surface area (Å²) in [4.78, 5) is 22.2. The van der Waals surface area contributed by atoms with E-state index in [4.69, 9.17) is 5.11 Å². The van der Waals surface area contributed by atoms with Gasteiger partial charge in [0.05, 0.1) is 16.0 Å². The number of carbonyl (C=O) groups excluding carboxylic acids is 1. The largest absolute Gasteiger partial charge is 0.478 e. The molecule has 0 aliphatic carbocycles. The van der Waals surface area contributed by atoms with E-state index in [1.807, 2.05) is 6.92 Å². The van der Waals surface area contributed by atoms with Crippen molar-refractivity contribution in [3.63, 3.8) is 0 Å². The first kappa shape index (κ1) is 13.6. The Bertz CT molecular complexity index is 443. The lowest BCUT2D eigenvalue weighted by Gasteiger charge is -2.23. The maximum Gasteiger partial charge on any atom is 0.336 e. The van der Waals surface area contributed by atoms with E-state index in [1.165, 1.54) is 12.1 Å². The molecule has 92 valence electrons. The van der Waals surface area contributed by atoms with E-state index < -0.39 is 16.7 Å². The molecule has 17 heavy (non-hydrogen) atoms. The van der Waals surface area contributed by atoms with Gasteiger partial charge in [0.2, 0.25) is 0 Å². The number of thiol groups is 1. The van der Waals surface area contributed by atoms with Crippen LogP contribution in [0, 0.1) is 0 Å². The van der Waals surface area contributed by atoms with Gasteiger partial charge in [-0.2, -0.15) is 12.6 Å². The van der Waals surface area contributed by atoms with Crippen LogP contribution in [0.2, 0.25) is 0 Å². The Morgan fingerprint density at radius 2 is 1.88 bits per heavy atom. The Morgan fingerprint density at radius 3 is 2.35 bits per heavy atom. The first-order chi connectivity index (χ1) is 7.87. The van der Waals surface area contributed by atoms with Gasteiger partial charge in [0.15, 0.2) is 0 Å². The van der Waals surface area contributed by atoms with Crippen LogP contribution in [0.15, 0.2) is 24.3 Å². The molecule has 0 aliphatic rings. The molecule has 1 rings (SSSR count). The van der Waals surface area contributed by atoms with Gasteiger partial charge in [-0.1, -0.05) is 19.1 Å². The molecule has 0 heterocycles. The minimum Gasteiger partial charge on any atom is -0.478 e. The number of rotatable bonds is 4. The van der Waals surface area contributed by atoms with E-state index in [9.17, 15) is 9.59 Å². The number of carbonyl (C=O) groups is 2. The molecule has 2 N–H and O–H groups in total. The van der Waals surface area contributed by atoms with Crippen molar-refractivity contribution >= 4 is 24.5 Å². The molecule has 1 atom stereocenters. The monoisotopic (exact) mass is 253 g/mol. The Morgan fingerprint density at radius 1 is 1.35 bits per heavy atom. The summed E-state index contributed by atoms with van der Waals surface area (Å²) < 4.78 is 0. The molecule has 0 aliphatic heterocycles. The zero-order valence-electron chi connectivity index (χ0n) is 9.73. The van der Waals surface area contributed by atoms with Gasteiger partial charge in [0.25, 0.3) is 5.91 Å². The molecule has 0 fully saturated rings. The van der Waals surface area contributed by atoms with Crippen molar-refractivity contribution < 1.29 is 14.7 Å². The van der Waals surface area contributed by atoms with Crippen molar-refractivity contribution in [2.75, 3.05) is 0 Å². The Kier molecular flexibility index (Phi) is 4.17. The van der Waals surface area contributed by atoms with Gasteiger partial charge in [-0.3, -0.25) is 4.79 Å². The van der Waals surface area contributed by atoms with Crippen molar-refractivity contribution in [2.45, 2.75) is 25.1 Å². The van der Waals surface area contributed by atoms with Crippen LogP contribution in [0.5, 0.6) is 0 Å². The molecule has 5 heteroatoms. The molecule has 4 nitrogen and oxygen atoms in total. The number of nitrogens with one attached hydrogen (secondary N) is 1. The van der Waals surface area contributed by atoms with E-state index in [1.54, 1.807) is 19.1 Å². The van der Waals surface area contributed by atoms with Crippen molar-refractivity contribution in [3.05, 3.63) is 35.4 Å². The van der Waals surface area contributed by atoms with Gasteiger partial charge >= 0.3 is 5.97 Å². The van der Waals surface area contributed by atoms with Gasteiger partial charge in [-0.25, -0.2) is 4.79 Å². The number of benzene rings is 1. The Labute approximate surface area is 105 Å². The van der Waals surface area contributed by atoms with Crippen LogP contribution in [-0.2, 0) is 0 Å². The number of hydrogen-bond acceptors (Lipinski definition) is 3. The number of amides is 1. The van der Waals surface area contributed by atoms with Gasteiger partial charge < -0.3 is 10.4 Å². The second-order valence-corrected chi connectivity index (χ2v) is 4.92. The topological polar surface area (TPSA) is 66.4 Å². The summed E-state index contributed by atoms with van der Waals surface area (Å²) in [7, 11) is 0. The van der Waals surface area contributed by atoms with Crippen LogP contribution in [0.3, 0.4) is 0 Å². The highest BCUT2D eigenvalue weighted by molar-refractivity contribution is 7.81. The van der Waals surface area contributed by atoms with Crippen molar-refractivity contribution in [2.24, 2.45) is 0 Å². The molecule has 0 spiro atoms. The number of aromatic carboxylic acids is 1. The van der Waals surface area contributed by atoms with Crippen LogP contribution in [-0.4, -0.2) is 21.9 Å². The smallest absolute Gasteiger partial charge is 0.336 e. The van der Waals surface area contributed by atoms with E-state index >= 15 is 0 Å². The fourth-order valence-electron chi connectivity index (χ4n) is 1.27. The van der Waals surface area contributed by atoms with Crippen LogP contribution >= 0.6 is 12.6 Å². The van der Waals surface area contributed by atoms with E-state index in [0.717, 1.165) is 0 Å². The molecule has 1 unspecified atom stereocenters. The summed E-state index contributed by atoms with van der Waals surface area (Å²) in [6.07, 6.45) is 0.636. The standard InChI is InChI=1S/C12H15NO3S/c1-3-12(2,17)13-10(14)8-6-4-5-7-9(8)11(15)16/h4-7,17H,3H2,1-2H3,(H,13,14)(H,15,16). The normalized spacial score (nSPS) is 13.8. The molecule has 0 bridgehead atoms. The van der Waals surface area contributed by atoms with Gasteiger partial charge in [0.1, 0.15) is 0 Å². The molecule has 0 radical (unpaired) electrons. The predicted octanol–water partition coefficient (Wildman–Crippen LogP) is 2.17. The summed E-state index contributed by atoms with van der Waals surface area (Å²) in [5.41, 5.74) is 0.138. The first-order valence-corrected chi connectivity index (χ1v) is 5.69. The highest BCUT2D eigenvalue weighted by atomic mass is 32.1. The molecular formula is C12H15NO3S. The van der Waals surface area contributed by atoms with Gasteiger partial charge in [-0.15, -0.1) is 0 Å². The van der Waals surface area contributed by atoms with Crippen LogP contribution in [0.4, 0.5) is 0 Å². The maximum absolute atomic E-state index is 11.9. The number of carboxylic acids is 1. The highest BCUT2D eigenvalue weighted by Gasteiger charge is 2.22. The third kappa shape index (κ3) is 3.49. The maximum atomic E-state index is 11.9. The molecule has 1 amide bonds. The average Bonchev–Trinajstić information content (AvgIpc) is 2.28. The summed E-state index contributed by atoms with van der Waals surface area (Å²) in [6.45, 7) is 3.65. The Balaban J connectivity index is 3.01. The minimum absolute atomic E-state index is 0.00904. The van der Waals surface area contributed by atoms with Crippen LogP contribution in [0.1, 0.15) is 41.0 Å². The van der Waals surface area contributed by atoms with Crippen LogP contribution in [0.25, 0.3) is 0 Å². The molecule has 0 saturated carbocycles. The van der Waals surface area contributed by atoms with Gasteiger partial charge in [-0.05, 0) is 25.5 Å². The van der Waals surface area contributed by atoms with E-state index in [-0.39, 0.29) is 11.1 Å². The highest BCUT2D eigenvalue weighted by Crippen LogP contribution is 2.16. The summed E-state index contributed by atoms with van der Waals surface area (Å²) >= 11 is 4.28. The summed E-state index contributed by atoms with van der Waals surface area (Å²) in [5, 5.41) is 11.7.